The van der Waals surface area contributed by atoms with E-state index in [1.807, 2.05) is 0 Å². The summed E-state index contributed by atoms with van der Waals surface area (Å²) in [5.41, 5.74) is 5.25. The SMILES string of the molecule is CC(=O)C(CC(=O)CC#N)C(=O)CCCN. The largest absolute Gasteiger partial charge is 0.330 e. The average molecular weight is 224 g/mol. The summed E-state index contributed by atoms with van der Waals surface area (Å²) in [6.45, 7) is 1.66. The first-order valence-electron chi connectivity index (χ1n) is 5.14. The lowest BCUT2D eigenvalue weighted by atomic mass is 9.91. The Labute approximate surface area is 94.6 Å². The molecule has 0 aliphatic rings. The van der Waals surface area contributed by atoms with Gasteiger partial charge in [-0.15, -0.1) is 0 Å². The van der Waals surface area contributed by atoms with Crippen LogP contribution in [-0.2, 0) is 14.4 Å². The highest BCUT2D eigenvalue weighted by atomic mass is 16.2. The number of nitriles is 1. The van der Waals surface area contributed by atoms with Gasteiger partial charge in [0.2, 0.25) is 0 Å². The van der Waals surface area contributed by atoms with Crippen molar-refractivity contribution in [3.8, 4) is 6.07 Å². The van der Waals surface area contributed by atoms with Gasteiger partial charge in [0.05, 0.1) is 18.4 Å². The molecule has 16 heavy (non-hydrogen) atoms. The molecule has 0 aromatic heterocycles. The molecule has 0 aliphatic heterocycles. The van der Waals surface area contributed by atoms with Crippen molar-refractivity contribution in [1.82, 2.24) is 0 Å². The number of carbonyl (C=O) groups excluding carboxylic acids is 3. The van der Waals surface area contributed by atoms with Crippen LogP contribution in [0.4, 0.5) is 0 Å². The van der Waals surface area contributed by atoms with Gasteiger partial charge in [0, 0.05) is 12.8 Å². The van der Waals surface area contributed by atoms with E-state index in [0.29, 0.717) is 13.0 Å². The molecule has 0 aromatic carbocycles. The van der Waals surface area contributed by atoms with E-state index in [4.69, 9.17) is 11.0 Å². The molecule has 0 saturated heterocycles. The Hall–Kier alpha value is -1.54. The maximum absolute atomic E-state index is 11.6. The van der Waals surface area contributed by atoms with Gasteiger partial charge in [-0.05, 0) is 19.9 Å². The van der Waals surface area contributed by atoms with Crippen molar-refractivity contribution < 1.29 is 14.4 Å². The zero-order valence-electron chi connectivity index (χ0n) is 9.36. The highest BCUT2D eigenvalue weighted by Gasteiger charge is 2.25. The van der Waals surface area contributed by atoms with Crippen molar-refractivity contribution >= 4 is 17.3 Å². The van der Waals surface area contributed by atoms with Crippen LogP contribution in [0.2, 0.25) is 0 Å². The van der Waals surface area contributed by atoms with E-state index in [1.165, 1.54) is 6.92 Å². The van der Waals surface area contributed by atoms with Crippen molar-refractivity contribution in [1.29, 1.82) is 5.26 Å². The van der Waals surface area contributed by atoms with Crippen LogP contribution < -0.4 is 5.73 Å². The molecule has 0 aliphatic carbocycles. The van der Waals surface area contributed by atoms with Crippen LogP contribution in [0.15, 0.2) is 0 Å². The maximum atomic E-state index is 11.6. The van der Waals surface area contributed by atoms with Crippen molar-refractivity contribution in [2.45, 2.75) is 32.6 Å². The Morgan fingerprint density at radius 1 is 1.38 bits per heavy atom. The van der Waals surface area contributed by atoms with Gasteiger partial charge in [-0.2, -0.15) is 5.26 Å². The molecule has 0 bridgehead atoms. The first kappa shape index (κ1) is 14.5. The minimum Gasteiger partial charge on any atom is -0.330 e. The van der Waals surface area contributed by atoms with Crippen LogP contribution in [0.1, 0.15) is 32.6 Å². The van der Waals surface area contributed by atoms with Gasteiger partial charge in [-0.1, -0.05) is 0 Å². The van der Waals surface area contributed by atoms with E-state index in [9.17, 15) is 14.4 Å². The van der Waals surface area contributed by atoms with E-state index < -0.39 is 5.92 Å². The Kier molecular flexibility index (Phi) is 6.97. The van der Waals surface area contributed by atoms with E-state index >= 15 is 0 Å². The molecule has 1 unspecified atom stereocenters. The monoisotopic (exact) mass is 224 g/mol. The normalized spacial score (nSPS) is 11.6. The lowest BCUT2D eigenvalue weighted by Gasteiger charge is -2.10. The van der Waals surface area contributed by atoms with E-state index in [-0.39, 0.29) is 36.6 Å². The summed E-state index contributed by atoms with van der Waals surface area (Å²) >= 11 is 0. The molecule has 0 heterocycles. The number of Topliss-reactive ketones (excluding diaryl/α,β-unsaturated/α-hetero) is 3. The highest BCUT2D eigenvalue weighted by Crippen LogP contribution is 2.11. The summed E-state index contributed by atoms with van der Waals surface area (Å²) in [4.78, 5) is 34.0. The number of hydrogen-bond donors (Lipinski definition) is 1. The zero-order chi connectivity index (χ0) is 12.6. The molecule has 0 aromatic rings. The second-order valence-corrected chi connectivity index (χ2v) is 3.60. The minimum absolute atomic E-state index is 0.160. The van der Waals surface area contributed by atoms with E-state index in [1.54, 1.807) is 6.07 Å². The number of nitrogens with two attached hydrogens (primary N) is 1. The van der Waals surface area contributed by atoms with Crippen LogP contribution >= 0.6 is 0 Å². The van der Waals surface area contributed by atoms with Crippen molar-refractivity contribution in [2.24, 2.45) is 11.7 Å². The van der Waals surface area contributed by atoms with Crippen molar-refractivity contribution in [2.75, 3.05) is 6.54 Å². The van der Waals surface area contributed by atoms with Crippen molar-refractivity contribution in [3.63, 3.8) is 0 Å². The number of ketones is 3. The number of nitrogens with zero attached hydrogens (tertiary/aromatic N) is 1. The molecule has 0 radical (unpaired) electrons. The summed E-state index contributed by atoms with van der Waals surface area (Å²) in [6.07, 6.45) is 0.301. The molecule has 88 valence electrons. The molecule has 0 amide bonds. The highest BCUT2D eigenvalue weighted by molar-refractivity contribution is 6.04. The van der Waals surface area contributed by atoms with E-state index in [2.05, 4.69) is 0 Å². The molecule has 0 rings (SSSR count). The minimum atomic E-state index is -0.896. The summed E-state index contributed by atoms with van der Waals surface area (Å²) in [7, 11) is 0. The Morgan fingerprint density at radius 3 is 2.44 bits per heavy atom. The third-order valence-corrected chi connectivity index (χ3v) is 2.21. The Morgan fingerprint density at radius 2 is 2.00 bits per heavy atom. The van der Waals surface area contributed by atoms with Crippen LogP contribution in [0, 0.1) is 17.2 Å². The molecule has 1 atom stereocenters. The molecule has 0 fully saturated rings. The number of hydrogen-bond acceptors (Lipinski definition) is 5. The van der Waals surface area contributed by atoms with Gasteiger partial charge in [-0.25, -0.2) is 0 Å². The third kappa shape index (κ3) is 5.37. The lowest BCUT2D eigenvalue weighted by molar-refractivity contribution is -0.135. The van der Waals surface area contributed by atoms with Gasteiger partial charge < -0.3 is 5.73 Å². The van der Waals surface area contributed by atoms with Crippen LogP contribution in [0.3, 0.4) is 0 Å². The fourth-order valence-electron chi connectivity index (χ4n) is 1.32. The fraction of sp³-hybridized carbons (Fsp3) is 0.636. The van der Waals surface area contributed by atoms with Gasteiger partial charge in [0.15, 0.2) is 0 Å². The Balaban J connectivity index is 4.39. The van der Waals surface area contributed by atoms with Crippen LogP contribution in [-0.4, -0.2) is 23.9 Å². The van der Waals surface area contributed by atoms with Gasteiger partial charge in [0.1, 0.15) is 17.3 Å². The summed E-state index contributed by atoms with van der Waals surface area (Å²) in [5, 5.41) is 8.31. The van der Waals surface area contributed by atoms with E-state index in [0.717, 1.165) is 0 Å². The number of carbonyl (C=O) groups is 3. The first-order valence-corrected chi connectivity index (χ1v) is 5.14. The molecule has 2 N–H and O–H groups in total. The second kappa shape index (κ2) is 7.71. The third-order valence-electron chi connectivity index (χ3n) is 2.21. The van der Waals surface area contributed by atoms with Crippen LogP contribution in [0.5, 0.6) is 0 Å². The summed E-state index contributed by atoms with van der Waals surface area (Å²) in [5.74, 6) is -1.85. The predicted molar refractivity (Wildman–Crippen MR) is 57.3 cm³/mol. The number of rotatable bonds is 8. The molecule has 0 spiro atoms. The molecular formula is C11H16N2O3. The van der Waals surface area contributed by atoms with Gasteiger partial charge >= 0.3 is 0 Å². The standard InChI is InChI=1S/C11H16N2O3/c1-8(14)10(7-9(15)4-6-13)11(16)3-2-5-12/h10H,2-5,7,12H2,1H3. The smallest absolute Gasteiger partial charge is 0.148 e. The van der Waals surface area contributed by atoms with Gasteiger partial charge in [-0.3, -0.25) is 14.4 Å². The van der Waals surface area contributed by atoms with Crippen molar-refractivity contribution in [3.05, 3.63) is 0 Å². The molecule has 0 saturated carbocycles. The topological polar surface area (TPSA) is 101 Å². The quantitative estimate of drug-likeness (QED) is 0.600. The zero-order valence-corrected chi connectivity index (χ0v) is 9.36. The molecule has 5 heteroatoms. The summed E-state index contributed by atoms with van der Waals surface area (Å²) in [6, 6.07) is 1.70. The average Bonchev–Trinajstić information content (AvgIpc) is 2.22. The van der Waals surface area contributed by atoms with Gasteiger partial charge in [0.25, 0.3) is 0 Å². The fourth-order valence-corrected chi connectivity index (χ4v) is 1.32. The maximum Gasteiger partial charge on any atom is 0.148 e. The summed E-state index contributed by atoms with van der Waals surface area (Å²) < 4.78 is 0. The first-order chi connectivity index (χ1) is 7.52. The molecule has 5 nitrogen and oxygen atoms in total. The molecular weight excluding hydrogens is 208 g/mol. The predicted octanol–water partition coefficient (Wildman–Crippen LogP) is 0.372. The lowest BCUT2D eigenvalue weighted by Crippen LogP contribution is -2.25. The second-order valence-electron chi connectivity index (χ2n) is 3.60. The van der Waals surface area contributed by atoms with Crippen LogP contribution in [0.25, 0.3) is 0 Å². The Bertz CT molecular complexity index is 318.